The summed E-state index contributed by atoms with van der Waals surface area (Å²) in [7, 11) is 0.168. The first-order chi connectivity index (χ1) is 16.6. The van der Waals surface area contributed by atoms with Gasteiger partial charge in [-0.05, 0) is 25.1 Å². The number of nitrogen functional groups attached to an aromatic ring is 2. The molecule has 0 saturated heterocycles. The fourth-order valence-electron chi connectivity index (χ4n) is 3.27. The monoisotopic (exact) mass is 500 g/mol. The van der Waals surface area contributed by atoms with Gasteiger partial charge >= 0.3 is 6.09 Å². The average molecular weight is 501 g/mol. The van der Waals surface area contributed by atoms with Gasteiger partial charge in [-0.15, -0.1) is 0 Å². The quantitative estimate of drug-likeness (QED) is 0.321. The number of rotatable bonds is 5. The standard InChI is InChI=1S/C20H20FN7OS.C2H5NO2/c1-11(30(2)29)15-17(22)25-19(26-18(15)23)16-13-7-5-9-24-20(13)28(27-16)10-12-6-3-4-8-14(12)21;1-3-2(4)5/h3-9,11H,10H2,1-2H3,(H4,22,23,25,26);3H,1H3,(H,4,5). The third kappa shape index (κ3) is 5.69. The van der Waals surface area contributed by atoms with E-state index in [1.165, 1.54) is 13.1 Å². The highest BCUT2D eigenvalue weighted by molar-refractivity contribution is 7.84. The molecule has 0 radical (unpaired) electrons. The van der Waals surface area contributed by atoms with Crippen molar-refractivity contribution in [2.75, 3.05) is 24.8 Å². The lowest BCUT2D eigenvalue weighted by Gasteiger charge is -2.14. The van der Waals surface area contributed by atoms with Crippen LogP contribution in [0.25, 0.3) is 22.6 Å². The van der Waals surface area contributed by atoms with Crippen molar-refractivity contribution in [3.8, 4) is 11.5 Å². The summed E-state index contributed by atoms with van der Waals surface area (Å²) in [6, 6.07) is 10.1. The van der Waals surface area contributed by atoms with E-state index in [0.717, 1.165) is 0 Å². The molecule has 4 rings (SSSR count). The van der Waals surface area contributed by atoms with E-state index in [4.69, 9.17) is 16.6 Å². The van der Waals surface area contributed by atoms with Crippen molar-refractivity contribution in [3.05, 3.63) is 59.5 Å². The van der Waals surface area contributed by atoms with E-state index in [2.05, 4.69) is 20.1 Å². The Hall–Kier alpha value is -4.13. The number of nitrogens with one attached hydrogen (secondary N) is 1. The van der Waals surface area contributed by atoms with Gasteiger partial charge in [0.2, 0.25) is 0 Å². The van der Waals surface area contributed by atoms with Gasteiger partial charge in [0, 0.05) is 35.9 Å². The Morgan fingerprint density at radius 3 is 2.40 bits per heavy atom. The Bertz CT molecular complexity index is 1370. The average Bonchev–Trinajstić information content (AvgIpc) is 3.19. The second-order valence-electron chi connectivity index (χ2n) is 7.40. The topological polar surface area (TPSA) is 175 Å². The molecule has 0 saturated carbocycles. The van der Waals surface area contributed by atoms with E-state index < -0.39 is 22.1 Å². The Labute approximate surface area is 202 Å². The number of carboxylic acid groups (broad SMARTS) is 1. The highest BCUT2D eigenvalue weighted by Gasteiger charge is 2.23. The smallest absolute Gasteiger partial charge is 0.404 e. The number of fused-ring (bicyclic) bond motifs is 1. The molecule has 6 N–H and O–H groups in total. The Morgan fingerprint density at radius 2 is 1.83 bits per heavy atom. The van der Waals surface area contributed by atoms with Gasteiger partial charge in [0.15, 0.2) is 11.5 Å². The van der Waals surface area contributed by atoms with E-state index in [1.807, 2.05) is 11.4 Å². The fraction of sp³-hybridized carbons (Fsp3) is 0.227. The first-order valence-electron chi connectivity index (χ1n) is 10.3. The third-order valence-electron chi connectivity index (χ3n) is 5.12. The van der Waals surface area contributed by atoms with Crippen LogP contribution in [0.2, 0.25) is 0 Å². The zero-order valence-electron chi connectivity index (χ0n) is 19.3. The van der Waals surface area contributed by atoms with E-state index in [0.29, 0.717) is 27.9 Å². The Balaban J connectivity index is 0.000000623. The van der Waals surface area contributed by atoms with Gasteiger partial charge in [-0.2, -0.15) is 5.10 Å². The molecule has 3 heterocycles. The Morgan fingerprint density at radius 1 is 1.20 bits per heavy atom. The first kappa shape index (κ1) is 25.5. The summed E-state index contributed by atoms with van der Waals surface area (Å²) in [5.74, 6) is 0.212. The van der Waals surface area contributed by atoms with Crippen LogP contribution in [-0.2, 0) is 17.3 Å². The number of amides is 1. The Kier molecular flexibility index (Phi) is 7.91. The molecule has 1 amide bonds. The maximum Gasteiger partial charge on any atom is 0.404 e. The molecule has 2 unspecified atom stereocenters. The molecule has 4 aromatic rings. The maximum absolute atomic E-state index is 14.2. The van der Waals surface area contributed by atoms with Crippen molar-refractivity contribution < 1.29 is 18.5 Å². The van der Waals surface area contributed by atoms with Gasteiger partial charge in [-0.1, -0.05) is 18.2 Å². The molecular weight excluding hydrogens is 475 g/mol. The summed E-state index contributed by atoms with van der Waals surface area (Å²) in [6.07, 6.45) is 2.21. The predicted octanol–water partition coefficient (Wildman–Crippen LogP) is 2.56. The van der Waals surface area contributed by atoms with E-state index >= 15 is 0 Å². The zero-order chi connectivity index (χ0) is 25.7. The lowest BCUT2D eigenvalue weighted by Crippen LogP contribution is -2.13. The highest BCUT2D eigenvalue weighted by Crippen LogP contribution is 2.32. The van der Waals surface area contributed by atoms with Gasteiger partial charge in [-0.3, -0.25) is 4.21 Å². The molecule has 2 atom stereocenters. The van der Waals surface area contributed by atoms with E-state index in [1.54, 1.807) is 48.3 Å². The van der Waals surface area contributed by atoms with Crippen molar-refractivity contribution in [3.63, 3.8) is 0 Å². The SMILES string of the molecule is CC(c1c(N)nc(-c2nn(Cc3ccccc3F)c3ncccc23)nc1N)S(C)=O.CNC(=O)O. The predicted molar refractivity (Wildman–Crippen MR) is 132 cm³/mol. The number of pyridine rings is 1. The van der Waals surface area contributed by atoms with Gasteiger partial charge in [0.05, 0.1) is 22.7 Å². The summed E-state index contributed by atoms with van der Waals surface area (Å²) in [6.45, 7) is 1.94. The highest BCUT2D eigenvalue weighted by atomic mass is 32.2. The number of nitrogens with two attached hydrogens (primary N) is 2. The lowest BCUT2D eigenvalue weighted by molar-refractivity contribution is 0.197. The number of nitrogens with zero attached hydrogens (tertiary/aromatic N) is 5. The molecule has 11 nitrogen and oxygen atoms in total. The minimum atomic E-state index is -1.18. The summed E-state index contributed by atoms with van der Waals surface area (Å²) >= 11 is 0. The van der Waals surface area contributed by atoms with Crippen LogP contribution in [0, 0.1) is 5.82 Å². The minimum absolute atomic E-state index is 0.154. The minimum Gasteiger partial charge on any atom is -0.465 e. The fourth-order valence-corrected chi connectivity index (χ4v) is 3.84. The van der Waals surface area contributed by atoms with Gasteiger partial charge in [-0.25, -0.2) is 28.8 Å². The van der Waals surface area contributed by atoms with E-state index in [-0.39, 0.29) is 29.8 Å². The number of carbonyl (C=O) groups is 1. The molecule has 0 spiro atoms. The van der Waals surface area contributed by atoms with Gasteiger partial charge in [0.1, 0.15) is 23.1 Å². The van der Waals surface area contributed by atoms with Crippen LogP contribution >= 0.6 is 0 Å². The summed E-state index contributed by atoms with van der Waals surface area (Å²) in [4.78, 5) is 22.4. The molecule has 0 aliphatic heterocycles. The van der Waals surface area contributed by atoms with Crippen LogP contribution in [-0.4, -0.2) is 53.4 Å². The third-order valence-corrected chi connectivity index (χ3v) is 6.35. The van der Waals surface area contributed by atoms with Crippen molar-refractivity contribution >= 4 is 39.6 Å². The van der Waals surface area contributed by atoms with Crippen LogP contribution in [0.1, 0.15) is 23.3 Å². The number of aromatic nitrogens is 5. The number of hydrogen-bond acceptors (Lipinski definition) is 8. The largest absolute Gasteiger partial charge is 0.465 e. The van der Waals surface area contributed by atoms with Crippen LogP contribution in [0.5, 0.6) is 0 Å². The van der Waals surface area contributed by atoms with Crippen molar-refractivity contribution in [1.82, 2.24) is 30.0 Å². The number of anilines is 2. The molecule has 0 bridgehead atoms. The molecule has 3 aromatic heterocycles. The van der Waals surface area contributed by atoms with Gasteiger partial charge < -0.3 is 21.9 Å². The van der Waals surface area contributed by atoms with Crippen LogP contribution < -0.4 is 16.8 Å². The zero-order valence-corrected chi connectivity index (χ0v) is 20.1. The number of benzene rings is 1. The molecule has 1 aromatic carbocycles. The lowest BCUT2D eigenvalue weighted by atomic mass is 10.2. The van der Waals surface area contributed by atoms with Crippen molar-refractivity contribution in [2.24, 2.45) is 0 Å². The summed E-state index contributed by atoms with van der Waals surface area (Å²) in [5.41, 5.74) is 14.2. The van der Waals surface area contributed by atoms with Gasteiger partial charge in [0.25, 0.3) is 0 Å². The summed E-state index contributed by atoms with van der Waals surface area (Å²) < 4.78 is 27.6. The molecule has 0 aliphatic rings. The number of hydrogen-bond donors (Lipinski definition) is 4. The molecule has 0 aliphatic carbocycles. The van der Waals surface area contributed by atoms with Crippen LogP contribution in [0.4, 0.5) is 20.8 Å². The molecule has 35 heavy (non-hydrogen) atoms. The second-order valence-corrected chi connectivity index (χ2v) is 9.10. The van der Waals surface area contributed by atoms with Crippen LogP contribution in [0.3, 0.4) is 0 Å². The maximum atomic E-state index is 14.2. The summed E-state index contributed by atoms with van der Waals surface area (Å²) in [5, 5.41) is 14.4. The molecular formula is C22H25FN8O3S. The number of halogens is 1. The first-order valence-corrected chi connectivity index (χ1v) is 12.0. The second kappa shape index (κ2) is 10.9. The molecule has 184 valence electrons. The van der Waals surface area contributed by atoms with Crippen molar-refractivity contribution in [2.45, 2.75) is 18.7 Å². The normalized spacial score (nSPS) is 12.5. The van der Waals surface area contributed by atoms with Crippen molar-refractivity contribution in [1.29, 1.82) is 0 Å². The molecule has 0 fully saturated rings. The van der Waals surface area contributed by atoms with E-state index in [9.17, 15) is 13.4 Å². The van der Waals surface area contributed by atoms with Crippen LogP contribution in [0.15, 0.2) is 42.6 Å². The molecule has 13 heteroatoms.